The molecule has 128 valence electrons. The van der Waals surface area contributed by atoms with Gasteiger partial charge in [0.05, 0.1) is 22.3 Å². The number of H-pyrrole nitrogens is 1. The van der Waals surface area contributed by atoms with E-state index in [-0.39, 0.29) is 5.56 Å². The van der Waals surface area contributed by atoms with E-state index >= 15 is 0 Å². The minimum atomic E-state index is -0.198. The van der Waals surface area contributed by atoms with Gasteiger partial charge in [0.2, 0.25) is 0 Å². The lowest BCUT2D eigenvalue weighted by atomic mass is 10.1. The Kier molecular flexibility index (Phi) is 4.14. The van der Waals surface area contributed by atoms with E-state index in [1.807, 2.05) is 54.1 Å². The summed E-state index contributed by atoms with van der Waals surface area (Å²) < 4.78 is 1.92. The van der Waals surface area contributed by atoms with Crippen molar-refractivity contribution in [2.24, 2.45) is 0 Å². The van der Waals surface area contributed by atoms with Crippen molar-refractivity contribution in [2.75, 3.05) is 0 Å². The van der Waals surface area contributed by atoms with Crippen molar-refractivity contribution in [2.45, 2.75) is 6.92 Å². The molecule has 2 aromatic heterocycles. The van der Waals surface area contributed by atoms with E-state index in [1.165, 1.54) is 0 Å². The number of imidazole rings is 1. The molecule has 0 spiro atoms. The molecule has 26 heavy (non-hydrogen) atoms. The largest absolute Gasteiger partial charge is 0.306 e. The first-order valence-corrected chi connectivity index (χ1v) is 8.45. The molecule has 4 rings (SSSR count). The zero-order valence-electron chi connectivity index (χ0n) is 14.0. The topological polar surface area (TPSA) is 63.6 Å². The number of aromatic nitrogens is 4. The van der Waals surface area contributed by atoms with Crippen molar-refractivity contribution in [3.63, 3.8) is 0 Å². The molecular weight excluding hydrogens is 348 g/mol. The van der Waals surface area contributed by atoms with Crippen LogP contribution in [0.1, 0.15) is 17.0 Å². The Hall–Kier alpha value is -3.18. The standard InChI is InChI=1S/C20H15ClN4O/c1-13-3-2-4-16-18(13)23-19(24-20(16)26)17(21)11-14-5-7-15(8-6-14)25-10-9-22-12-25/h2-12H,1H3,(H,23,24,26). The maximum absolute atomic E-state index is 12.3. The van der Waals surface area contributed by atoms with E-state index in [0.717, 1.165) is 16.8 Å². The fourth-order valence-corrected chi connectivity index (χ4v) is 3.00. The molecule has 0 saturated carbocycles. The van der Waals surface area contributed by atoms with Gasteiger partial charge in [-0.05, 0) is 42.3 Å². The number of nitrogens with zero attached hydrogens (tertiary/aromatic N) is 3. The molecule has 6 heteroatoms. The molecule has 1 N–H and O–H groups in total. The Morgan fingerprint density at radius 3 is 2.73 bits per heavy atom. The molecule has 0 aliphatic rings. The fourth-order valence-electron chi connectivity index (χ4n) is 2.79. The van der Waals surface area contributed by atoms with E-state index in [1.54, 1.807) is 24.7 Å². The van der Waals surface area contributed by atoms with Crippen LogP contribution in [-0.2, 0) is 0 Å². The lowest BCUT2D eigenvalue weighted by Gasteiger charge is -2.05. The number of hydrogen-bond acceptors (Lipinski definition) is 3. The van der Waals surface area contributed by atoms with Crippen LogP contribution in [0.25, 0.3) is 27.7 Å². The van der Waals surface area contributed by atoms with Crippen LogP contribution in [0, 0.1) is 6.92 Å². The molecule has 0 aliphatic carbocycles. The second kappa shape index (κ2) is 6.61. The number of fused-ring (bicyclic) bond motifs is 1. The van der Waals surface area contributed by atoms with Crippen LogP contribution in [0.3, 0.4) is 0 Å². The third-order valence-electron chi connectivity index (χ3n) is 4.15. The molecule has 2 heterocycles. The summed E-state index contributed by atoms with van der Waals surface area (Å²) in [5.41, 5.74) is 3.31. The maximum Gasteiger partial charge on any atom is 0.259 e. The van der Waals surface area contributed by atoms with Gasteiger partial charge in [-0.3, -0.25) is 4.79 Å². The quantitative estimate of drug-likeness (QED) is 0.595. The number of rotatable bonds is 3. The van der Waals surface area contributed by atoms with E-state index in [4.69, 9.17) is 11.6 Å². The highest BCUT2D eigenvalue weighted by atomic mass is 35.5. The third kappa shape index (κ3) is 3.05. The molecule has 0 bridgehead atoms. The molecular formula is C20H15ClN4O. The van der Waals surface area contributed by atoms with Crippen LogP contribution in [0.5, 0.6) is 0 Å². The molecule has 5 nitrogen and oxygen atoms in total. The summed E-state index contributed by atoms with van der Waals surface area (Å²) in [6.45, 7) is 1.92. The van der Waals surface area contributed by atoms with Gasteiger partial charge in [-0.1, -0.05) is 35.9 Å². The van der Waals surface area contributed by atoms with E-state index < -0.39 is 0 Å². The molecule has 4 aromatic rings. The van der Waals surface area contributed by atoms with Crippen molar-refractivity contribution >= 4 is 33.6 Å². The van der Waals surface area contributed by atoms with Gasteiger partial charge < -0.3 is 9.55 Å². The summed E-state index contributed by atoms with van der Waals surface area (Å²) in [6.07, 6.45) is 7.13. The predicted octanol–water partition coefficient (Wildman–Crippen LogP) is 4.15. The average Bonchev–Trinajstić information content (AvgIpc) is 3.18. The van der Waals surface area contributed by atoms with Crippen LogP contribution in [0.4, 0.5) is 0 Å². The van der Waals surface area contributed by atoms with Crippen LogP contribution in [0.15, 0.2) is 66.0 Å². The lowest BCUT2D eigenvalue weighted by molar-refractivity contribution is 1.06. The highest BCUT2D eigenvalue weighted by Crippen LogP contribution is 2.21. The molecule has 0 aliphatic heterocycles. The van der Waals surface area contributed by atoms with E-state index in [9.17, 15) is 4.79 Å². The van der Waals surface area contributed by atoms with Crippen molar-refractivity contribution in [1.82, 2.24) is 19.5 Å². The zero-order valence-corrected chi connectivity index (χ0v) is 14.7. The highest BCUT2D eigenvalue weighted by molar-refractivity contribution is 6.50. The van der Waals surface area contributed by atoms with Crippen molar-refractivity contribution in [1.29, 1.82) is 0 Å². The molecule has 0 fully saturated rings. The summed E-state index contributed by atoms with van der Waals surface area (Å²) >= 11 is 6.42. The van der Waals surface area contributed by atoms with Crippen LogP contribution >= 0.6 is 11.6 Å². The summed E-state index contributed by atoms with van der Waals surface area (Å²) in [6, 6.07) is 13.4. The van der Waals surface area contributed by atoms with E-state index in [2.05, 4.69) is 15.0 Å². The van der Waals surface area contributed by atoms with Crippen molar-refractivity contribution in [3.8, 4) is 5.69 Å². The molecule has 2 aromatic carbocycles. The minimum absolute atomic E-state index is 0.198. The first kappa shape index (κ1) is 16.3. The molecule has 0 saturated heterocycles. The third-order valence-corrected chi connectivity index (χ3v) is 4.44. The summed E-state index contributed by atoms with van der Waals surface area (Å²) in [5, 5.41) is 0.936. The van der Waals surface area contributed by atoms with Gasteiger partial charge in [0.15, 0.2) is 5.82 Å². The number of benzene rings is 2. The number of hydrogen-bond donors (Lipinski definition) is 1. The number of nitrogens with one attached hydrogen (secondary N) is 1. The van der Waals surface area contributed by atoms with Crippen molar-refractivity contribution < 1.29 is 0 Å². The molecule has 0 atom stereocenters. The van der Waals surface area contributed by atoms with Gasteiger partial charge in [-0.2, -0.15) is 0 Å². The Labute approximate surface area is 154 Å². The van der Waals surface area contributed by atoms with Crippen LogP contribution < -0.4 is 5.56 Å². The lowest BCUT2D eigenvalue weighted by Crippen LogP contribution is -2.11. The Morgan fingerprint density at radius 1 is 1.19 bits per heavy atom. The Morgan fingerprint density at radius 2 is 2.00 bits per heavy atom. The van der Waals surface area contributed by atoms with Gasteiger partial charge in [0.25, 0.3) is 5.56 Å². The SMILES string of the molecule is Cc1cccc2c(=O)[nH]c(C(Cl)=Cc3ccc(-n4ccnc4)cc3)nc12. The van der Waals surface area contributed by atoms with E-state index in [0.29, 0.717) is 21.8 Å². The second-order valence-electron chi connectivity index (χ2n) is 5.94. The van der Waals surface area contributed by atoms with Crippen molar-refractivity contribution in [3.05, 3.63) is 88.5 Å². The van der Waals surface area contributed by atoms with Gasteiger partial charge in [-0.15, -0.1) is 0 Å². The van der Waals surface area contributed by atoms with Gasteiger partial charge in [0, 0.05) is 18.1 Å². The first-order valence-electron chi connectivity index (χ1n) is 8.07. The fraction of sp³-hybridized carbons (Fsp3) is 0.0500. The van der Waals surface area contributed by atoms with Gasteiger partial charge >= 0.3 is 0 Å². The minimum Gasteiger partial charge on any atom is -0.306 e. The predicted molar refractivity (Wildman–Crippen MR) is 104 cm³/mol. The first-order chi connectivity index (χ1) is 12.6. The normalized spacial score (nSPS) is 11.8. The molecule has 0 radical (unpaired) electrons. The Bertz CT molecular complexity index is 1160. The number of aromatic amines is 1. The zero-order chi connectivity index (χ0) is 18.1. The highest BCUT2D eigenvalue weighted by Gasteiger charge is 2.08. The van der Waals surface area contributed by atoms with Gasteiger partial charge in [-0.25, -0.2) is 9.97 Å². The monoisotopic (exact) mass is 362 g/mol. The molecule has 0 unspecified atom stereocenters. The second-order valence-corrected chi connectivity index (χ2v) is 6.35. The van der Waals surface area contributed by atoms with Gasteiger partial charge in [0.1, 0.15) is 0 Å². The smallest absolute Gasteiger partial charge is 0.259 e. The number of para-hydroxylation sites is 1. The maximum atomic E-state index is 12.3. The summed E-state index contributed by atoms with van der Waals surface area (Å²) in [5.74, 6) is 0.358. The summed E-state index contributed by atoms with van der Waals surface area (Å²) in [7, 11) is 0. The summed E-state index contributed by atoms with van der Waals surface area (Å²) in [4.78, 5) is 23.6. The number of halogens is 1. The van der Waals surface area contributed by atoms with Crippen LogP contribution in [-0.4, -0.2) is 19.5 Å². The Balaban J connectivity index is 1.71. The molecule has 0 amide bonds. The van der Waals surface area contributed by atoms with Crippen LogP contribution in [0.2, 0.25) is 0 Å². The number of aryl methyl sites for hydroxylation is 1. The average molecular weight is 363 g/mol.